The van der Waals surface area contributed by atoms with E-state index in [1.165, 1.54) is 18.5 Å². The molecule has 1 N–H and O–H groups in total. The average Bonchev–Trinajstić information content (AvgIpc) is 2.75. The van der Waals surface area contributed by atoms with E-state index in [2.05, 4.69) is 49.5 Å². The normalized spacial score (nSPS) is 28.1. The summed E-state index contributed by atoms with van der Waals surface area (Å²) in [5.74, 6) is 3.18. The first kappa shape index (κ1) is 12.6. The molecule has 0 bridgehead atoms. The van der Waals surface area contributed by atoms with Crippen molar-refractivity contribution >= 4 is 5.69 Å². The van der Waals surface area contributed by atoms with Crippen molar-refractivity contribution in [3.8, 4) is 5.75 Å². The van der Waals surface area contributed by atoms with Crippen LogP contribution in [0.25, 0.3) is 0 Å². The third-order valence-electron chi connectivity index (χ3n) is 4.13. The summed E-state index contributed by atoms with van der Waals surface area (Å²) in [4.78, 5) is 0. The Hall–Kier alpha value is -1.44. The van der Waals surface area contributed by atoms with Crippen LogP contribution in [0, 0.1) is 17.8 Å². The van der Waals surface area contributed by atoms with Crippen LogP contribution in [0.15, 0.2) is 36.4 Å². The molecule has 102 valence electrons. The van der Waals surface area contributed by atoms with Crippen LogP contribution in [0.4, 0.5) is 5.69 Å². The molecule has 3 atom stereocenters. The molecule has 2 aliphatic carbocycles. The van der Waals surface area contributed by atoms with Gasteiger partial charge in [-0.2, -0.15) is 0 Å². The molecule has 3 unspecified atom stereocenters. The minimum absolute atomic E-state index is 0.563. The molecular formula is C17H23NO. The lowest BCUT2D eigenvalue weighted by Gasteiger charge is -2.41. The van der Waals surface area contributed by atoms with Gasteiger partial charge in [0.15, 0.2) is 0 Å². The smallest absolute Gasteiger partial charge is 0.121 e. The molecule has 0 aliphatic heterocycles. The minimum Gasteiger partial charge on any atom is -0.493 e. The molecule has 1 fully saturated rings. The first-order chi connectivity index (χ1) is 9.22. The second-order valence-electron chi connectivity index (χ2n) is 6.22. The van der Waals surface area contributed by atoms with Gasteiger partial charge in [0.05, 0.1) is 6.61 Å². The van der Waals surface area contributed by atoms with Crippen molar-refractivity contribution < 1.29 is 4.74 Å². The van der Waals surface area contributed by atoms with Crippen LogP contribution >= 0.6 is 0 Å². The average molecular weight is 257 g/mol. The zero-order valence-electron chi connectivity index (χ0n) is 11.8. The lowest BCUT2D eigenvalue weighted by molar-refractivity contribution is 0.218. The van der Waals surface area contributed by atoms with Crippen molar-refractivity contribution in [2.24, 2.45) is 17.8 Å². The van der Waals surface area contributed by atoms with E-state index in [1.807, 2.05) is 6.07 Å². The second kappa shape index (κ2) is 5.28. The molecular weight excluding hydrogens is 234 g/mol. The molecule has 0 amide bonds. The van der Waals surface area contributed by atoms with Crippen molar-refractivity contribution in [2.45, 2.75) is 32.7 Å². The maximum absolute atomic E-state index is 5.77. The lowest BCUT2D eigenvalue weighted by Crippen LogP contribution is -2.43. The minimum atomic E-state index is 0.563. The van der Waals surface area contributed by atoms with Gasteiger partial charge in [-0.15, -0.1) is 0 Å². The fourth-order valence-corrected chi connectivity index (χ4v) is 3.04. The van der Waals surface area contributed by atoms with Crippen LogP contribution in [0.3, 0.4) is 0 Å². The van der Waals surface area contributed by atoms with E-state index in [0.717, 1.165) is 24.2 Å². The Morgan fingerprint density at radius 3 is 3.05 bits per heavy atom. The van der Waals surface area contributed by atoms with E-state index in [-0.39, 0.29) is 0 Å². The Morgan fingerprint density at radius 1 is 1.37 bits per heavy atom. The predicted octanol–water partition coefficient (Wildman–Crippen LogP) is 4.10. The molecule has 1 aromatic rings. The quantitative estimate of drug-likeness (QED) is 0.802. The molecule has 1 aromatic carbocycles. The van der Waals surface area contributed by atoms with Crippen molar-refractivity contribution in [3.63, 3.8) is 0 Å². The van der Waals surface area contributed by atoms with E-state index in [4.69, 9.17) is 4.74 Å². The summed E-state index contributed by atoms with van der Waals surface area (Å²) in [6.45, 7) is 5.12. The fourth-order valence-electron chi connectivity index (χ4n) is 3.04. The molecule has 0 spiro atoms. The Kier molecular flexibility index (Phi) is 3.50. The van der Waals surface area contributed by atoms with Gasteiger partial charge in [0.2, 0.25) is 0 Å². The second-order valence-corrected chi connectivity index (χ2v) is 6.22. The molecule has 19 heavy (non-hydrogen) atoms. The van der Waals surface area contributed by atoms with Crippen LogP contribution < -0.4 is 10.1 Å². The highest BCUT2D eigenvalue weighted by molar-refractivity contribution is 5.49. The molecule has 2 aliphatic rings. The Balaban J connectivity index is 1.59. The fraction of sp³-hybridized carbons (Fsp3) is 0.529. The summed E-state index contributed by atoms with van der Waals surface area (Å²) in [6, 6.07) is 8.97. The number of nitrogens with one attached hydrogen (secondary N) is 1. The zero-order valence-corrected chi connectivity index (χ0v) is 11.8. The van der Waals surface area contributed by atoms with Gasteiger partial charge in [0.25, 0.3) is 0 Å². The number of allylic oxidation sites excluding steroid dienone is 1. The molecule has 1 saturated carbocycles. The van der Waals surface area contributed by atoms with Crippen molar-refractivity contribution in [1.82, 2.24) is 0 Å². The maximum atomic E-state index is 5.77. The number of hydrogen-bond acceptors (Lipinski definition) is 2. The monoisotopic (exact) mass is 257 g/mol. The van der Waals surface area contributed by atoms with Gasteiger partial charge in [-0.1, -0.05) is 32.1 Å². The standard InChI is InChI=1S/C17H23NO/c1-12(2)11-19-15-7-4-6-14(10-15)18-17-9-13-5-3-8-16(13)17/h3-4,6-8,10,12-13,16-18H,5,9,11H2,1-2H3. The summed E-state index contributed by atoms with van der Waals surface area (Å²) in [6.07, 6.45) is 7.29. The number of fused-ring (bicyclic) bond motifs is 1. The van der Waals surface area contributed by atoms with Gasteiger partial charge in [-0.25, -0.2) is 0 Å². The SMILES string of the molecule is CC(C)COc1cccc(NC2CC3CC=CC32)c1. The summed E-state index contributed by atoms with van der Waals surface area (Å²) in [7, 11) is 0. The summed E-state index contributed by atoms with van der Waals surface area (Å²) < 4.78 is 5.77. The molecule has 0 aromatic heterocycles. The number of hydrogen-bond donors (Lipinski definition) is 1. The summed E-state index contributed by atoms with van der Waals surface area (Å²) in [5, 5.41) is 3.65. The van der Waals surface area contributed by atoms with Crippen LogP contribution in [0.5, 0.6) is 5.75 Å². The number of benzene rings is 1. The molecule has 3 rings (SSSR count). The predicted molar refractivity (Wildman–Crippen MR) is 79.5 cm³/mol. The third kappa shape index (κ3) is 2.78. The first-order valence-corrected chi connectivity index (χ1v) is 7.38. The highest BCUT2D eigenvalue weighted by Crippen LogP contribution is 2.44. The van der Waals surface area contributed by atoms with E-state index < -0.39 is 0 Å². The van der Waals surface area contributed by atoms with Gasteiger partial charge in [-0.3, -0.25) is 0 Å². The van der Waals surface area contributed by atoms with Gasteiger partial charge < -0.3 is 10.1 Å². The summed E-state index contributed by atoms with van der Waals surface area (Å²) in [5.41, 5.74) is 1.19. The van der Waals surface area contributed by atoms with Gasteiger partial charge in [0.1, 0.15) is 5.75 Å². The zero-order chi connectivity index (χ0) is 13.2. The van der Waals surface area contributed by atoms with Crippen molar-refractivity contribution in [1.29, 1.82) is 0 Å². The lowest BCUT2D eigenvalue weighted by atomic mass is 9.71. The first-order valence-electron chi connectivity index (χ1n) is 7.38. The summed E-state index contributed by atoms with van der Waals surface area (Å²) >= 11 is 0. The maximum Gasteiger partial charge on any atom is 0.121 e. The van der Waals surface area contributed by atoms with Gasteiger partial charge in [-0.05, 0) is 36.8 Å². The van der Waals surface area contributed by atoms with Crippen LogP contribution in [0.1, 0.15) is 26.7 Å². The third-order valence-corrected chi connectivity index (χ3v) is 4.13. The van der Waals surface area contributed by atoms with E-state index in [9.17, 15) is 0 Å². The van der Waals surface area contributed by atoms with Crippen molar-refractivity contribution in [3.05, 3.63) is 36.4 Å². The highest BCUT2D eigenvalue weighted by Gasteiger charge is 2.40. The Labute approximate surface area is 115 Å². The number of anilines is 1. The molecule has 0 radical (unpaired) electrons. The van der Waals surface area contributed by atoms with Crippen LogP contribution in [-0.4, -0.2) is 12.6 Å². The highest BCUT2D eigenvalue weighted by atomic mass is 16.5. The molecule has 0 heterocycles. The van der Waals surface area contributed by atoms with Gasteiger partial charge in [0, 0.05) is 23.7 Å². The number of rotatable bonds is 5. The molecule has 2 heteroatoms. The Morgan fingerprint density at radius 2 is 2.26 bits per heavy atom. The molecule has 2 nitrogen and oxygen atoms in total. The molecule has 0 saturated heterocycles. The van der Waals surface area contributed by atoms with Crippen LogP contribution in [0.2, 0.25) is 0 Å². The van der Waals surface area contributed by atoms with E-state index in [0.29, 0.717) is 12.0 Å². The topological polar surface area (TPSA) is 21.3 Å². The van der Waals surface area contributed by atoms with Crippen LogP contribution in [-0.2, 0) is 0 Å². The van der Waals surface area contributed by atoms with Gasteiger partial charge >= 0.3 is 0 Å². The largest absolute Gasteiger partial charge is 0.493 e. The number of ether oxygens (including phenoxy) is 1. The van der Waals surface area contributed by atoms with Crippen molar-refractivity contribution in [2.75, 3.05) is 11.9 Å². The Bertz CT molecular complexity index is 466. The van der Waals surface area contributed by atoms with E-state index >= 15 is 0 Å². The van der Waals surface area contributed by atoms with E-state index in [1.54, 1.807) is 0 Å².